The molecule has 0 unspecified atom stereocenters. The number of ether oxygens (including phenoxy) is 1. The first-order valence-corrected chi connectivity index (χ1v) is 7.33. The van der Waals surface area contributed by atoms with Gasteiger partial charge in [0.2, 0.25) is 0 Å². The van der Waals surface area contributed by atoms with Gasteiger partial charge in [-0.25, -0.2) is 0 Å². The third kappa shape index (κ3) is 5.29. The van der Waals surface area contributed by atoms with Gasteiger partial charge in [0.15, 0.2) is 11.5 Å². The van der Waals surface area contributed by atoms with Crippen LogP contribution in [0.2, 0.25) is 0 Å². The van der Waals surface area contributed by atoms with Gasteiger partial charge < -0.3 is 15.2 Å². The van der Waals surface area contributed by atoms with Crippen LogP contribution >= 0.6 is 0 Å². The molecule has 0 heterocycles. The molecule has 0 aliphatic rings. The largest absolute Gasteiger partial charge is 0.504 e. The molecule has 0 saturated heterocycles. The Morgan fingerprint density at radius 3 is 2.38 bits per heavy atom. The van der Waals surface area contributed by atoms with Gasteiger partial charge in [0.25, 0.3) is 5.91 Å². The fourth-order valence-electron chi connectivity index (χ4n) is 2.72. The van der Waals surface area contributed by atoms with Gasteiger partial charge in [-0.1, -0.05) is 26.8 Å². The predicted octanol–water partition coefficient (Wildman–Crippen LogP) is 3.74. The Hall–Kier alpha value is -1.71. The van der Waals surface area contributed by atoms with E-state index in [4.69, 9.17) is 4.74 Å². The molecular formula is C17H27NO3. The Morgan fingerprint density at radius 1 is 1.24 bits per heavy atom. The summed E-state index contributed by atoms with van der Waals surface area (Å²) in [6.45, 7) is 12.6. The number of phenolic OH excluding ortho intramolecular Hbond substituents is 1. The van der Waals surface area contributed by atoms with Crippen LogP contribution in [0.25, 0.3) is 0 Å². The van der Waals surface area contributed by atoms with Crippen molar-refractivity contribution in [3.8, 4) is 11.5 Å². The van der Waals surface area contributed by atoms with Gasteiger partial charge >= 0.3 is 0 Å². The maximum absolute atomic E-state index is 12.4. The smallest absolute Gasteiger partial charge is 0.255 e. The van der Waals surface area contributed by atoms with Crippen LogP contribution in [0.3, 0.4) is 0 Å². The summed E-state index contributed by atoms with van der Waals surface area (Å²) in [6.07, 6.45) is 0.831. The van der Waals surface area contributed by atoms with E-state index in [9.17, 15) is 9.90 Å². The summed E-state index contributed by atoms with van der Waals surface area (Å²) in [4.78, 5) is 12.4. The monoisotopic (exact) mass is 293 g/mol. The van der Waals surface area contributed by atoms with Gasteiger partial charge in [0.05, 0.1) is 12.2 Å². The summed E-state index contributed by atoms with van der Waals surface area (Å²) in [5.41, 5.74) is -0.0157. The van der Waals surface area contributed by atoms with E-state index in [2.05, 4.69) is 26.1 Å². The van der Waals surface area contributed by atoms with E-state index in [0.717, 1.165) is 6.42 Å². The molecule has 0 spiro atoms. The molecule has 4 nitrogen and oxygen atoms in total. The molecule has 1 amide bonds. The third-order valence-corrected chi connectivity index (χ3v) is 2.97. The number of amides is 1. The number of carbonyl (C=O) groups is 1. The Balaban J connectivity index is 2.92. The maximum Gasteiger partial charge on any atom is 0.255 e. The number of rotatable bonds is 5. The van der Waals surface area contributed by atoms with Crippen LogP contribution in [-0.4, -0.2) is 23.2 Å². The van der Waals surface area contributed by atoms with Crippen molar-refractivity contribution in [2.24, 2.45) is 5.41 Å². The zero-order valence-electron chi connectivity index (χ0n) is 13.9. The van der Waals surface area contributed by atoms with E-state index in [1.54, 1.807) is 18.2 Å². The maximum atomic E-state index is 12.4. The summed E-state index contributed by atoms with van der Waals surface area (Å²) in [7, 11) is 0. The number of phenols is 1. The summed E-state index contributed by atoms with van der Waals surface area (Å²) < 4.78 is 5.31. The molecule has 0 aliphatic heterocycles. The highest BCUT2D eigenvalue weighted by molar-refractivity contribution is 5.98. The number of aromatic hydroxyl groups is 1. The molecule has 0 radical (unpaired) electrons. The van der Waals surface area contributed by atoms with Gasteiger partial charge in [-0.3, -0.25) is 4.79 Å². The average Bonchev–Trinajstić information content (AvgIpc) is 2.27. The van der Waals surface area contributed by atoms with Crippen molar-refractivity contribution in [3.05, 3.63) is 23.8 Å². The van der Waals surface area contributed by atoms with Crippen molar-refractivity contribution in [2.75, 3.05) is 6.61 Å². The second kappa shape index (κ2) is 6.37. The zero-order valence-corrected chi connectivity index (χ0v) is 13.9. The molecule has 0 fully saturated rings. The van der Waals surface area contributed by atoms with E-state index in [-0.39, 0.29) is 28.2 Å². The molecular weight excluding hydrogens is 266 g/mol. The second-order valence-corrected chi connectivity index (χ2v) is 7.16. The standard InChI is InChI=1S/C17H27NO3/c1-7-21-13-10-8-9-12(14(13)19)15(20)18-17(5,6)11-16(2,3)4/h8-10,19H,7,11H2,1-6H3,(H,18,20). The average molecular weight is 293 g/mol. The highest BCUT2D eigenvalue weighted by Crippen LogP contribution is 2.31. The molecule has 0 aromatic heterocycles. The molecule has 0 aliphatic carbocycles. The van der Waals surface area contributed by atoms with Crippen molar-refractivity contribution in [2.45, 2.75) is 53.5 Å². The van der Waals surface area contributed by atoms with Crippen LogP contribution in [0, 0.1) is 5.41 Å². The molecule has 4 heteroatoms. The predicted molar refractivity (Wildman–Crippen MR) is 84.9 cm³/mol. The lowest BCUT2D eigenvalue weighted by atomic mass is 9.81. The van der Waals surface area contributed by atoms with Crippen molar-refractivity contribution in [3.63, 3.8) is 0 Å². The van der Waals surface area contributed by atoms with Crippen LogP contribution in [0.1, 0.15) is 58.3 Å². The van der Waals surface area contributed by atoms with Crippen LogP contribution in [-0.2, 0) is 0 Å². The molecule has 0 bridgehead atoms. The molecule has 0 saturated carbocycles. The normalized spacial score (nSPS) is 12.1. The number of para-hydroxylation sites is 1. The fourth-order valence-corrected chi connectivity index (χ4v) is 2.72. The summed E-state index contributed by atoms with van der Waals surface area (Å²) in [5, 5.41) is 13.1. The van der Waals surface area contributed by atoms with Gasteiger partial charge in [-0.2, -0.15) is 0 Å². The van der Waals surface area contributed by atoms with Crippen molar-refractivity contribution >= 4 is 5.91 Å². The van der Waals surface area contributed by atoms with Crippen molar-refractivity contribution in [1.29, 1.82) is 0 Å². The molecule has 2 N–H and O–H groups in total. The third-order valence-electron chi connectivity index (χ3n) is 2.97. The second-order valence-electron chi connectivity index (χ2n) is 7.16. The molecule has 1 aromatic carbocycles. The minimum Gasteiger partial charge on any atom is -0.504 e. The van der Waals surface area contributed by atoms with Crippen molar-refractivity contribution < 1.29 is 14.6 Å². The summed E-state index contributed by atoms with van der Waals surface area (Å²) >= 11 is 0. The molecule has 21 heavy (non-hydrogen) atoms. The fraction of sp³-hybridized carbons (Fsp3) is 0.588. The van der Waals surface area contributed by atoms with Crippen LogP contribution in [0.15, 0.2) is 18.2 Å². The minimum absolute atomic E-state index is 0.103. The summed E-state index contributed by atoms with van der Waals surface area (Å²) in [6, 6.07) is 4.95. The minimum atomic E-state index is -0.358. The number of hydrogen-bond donors (Lipinski definition) is 2. The van der Waals surface area contributed by atoms with Gasteiger partial charge in [0.1, 0.15) is 0 Å². The highest BCUT2D eigenvalue weighted by Gasteiger charge is 2.28. The lowest BCUT2D eigenvalue weighted by Crippen LogP contribution is -2.45. The molecule has 1 aromatic rings. The number of benzene rings is 1. The summed E-state index contributed by atoms with van der Waals surface area (Å²) in [5.74, 6) is -0.0644. The Bertz CT molecular complexity index is 501. The van der Waals surface area contributed by atoms with Gasteiger partial charge in [-0.05, 0) is 44.7 Å². The van der Waals surface area contributed by atoms with Crippen LogP contribution in [0.5, 0.6) is 11.5 Å². The van der Waals surface area contributed by atoms with E-state index in [1.165, 1.54) is 0 Å². The Kier molecular flexibility index (Phi) is 5.26. The Morgan fingerprint density at radius 2 is 1.86 bits per heavy atom. The van der Waals surface area contributed by atoms with Gasteiger partial charge in [-0.15, -0.1) is 0 Å². The zero-order chi connectivity index (χ0) is 16.3. The lowest BCUT2D eigenvalue weighted by molar-refractivity contribution is 0.0888. The first kappa shape index (κ1) is 17.3. The van der Waals surface area contributed by atoms with Gasteiger partial charge in [0, 0.05) is 5.54 Å². The van der Waals surface area contributed by atoms with E-state index >= 15 is 0 Å². The molecule has 0 atom stereocenters. The van der Waals surface area contributed by atoms with E-state index < -0.39 is 0 Å². The number of nitrogens with one attached hydrogen (secondary N) is 1. The van der Waals surface area contributed by atoms with E-state index in [1.807, 2.05) is 20.8 Å². The molecule has 118 valence electrons. The SMILES string of the molecule is CCOc1cccc(C(=O)NC(C)(C)CC(C)(C)C)c1O. The topological polar surface area (TPSA) is 58.6 Å². The van der Waals surface area contributed by atoms with Crippen LogP contribution < -0.4 is 10.1 Å². The Labute approximate surface area is 127 Å². The lowest BCUT2D eigenvalue weighted by Gasteiger charge is -2.33. The first-order chi connectivity index (χ1) is 9.56. The number of carbonyl (C=O) groups excluding carboxylic acids is 1. The van der Waals surface area contributed by atoms with E-state index in [0.29, 0.717) is 12.4 Å². The molecule has 1 rings (SSSR count). The number of hydrogen-bond acceptors (Lipinski definition) is 3. The van der Waals surface area contributed by atoms with Crippen molar-refractivity contribution in [1.82, 2.24) is 5.32 Å². The quantitative estimate of drug-likeness (QED) is 0.869. The highest BCUT2D eigenvalue weighted by atomic mass is 16.5. The van der Waals surface area contributed by atoms with Crippen LogP contribution in [0.4, 0.5) is 0 Å². The first-order valence-electron chi connectivity index (χ1n) is 7.33.